The molecular weight excluding hydrogens is 357 g/mol. The van der Waals surface area contributed by atoms with Crippen LogP contribution in [0.1, 0.15) is 21.5 Å². The number of carboxylic acids is 1. The molecule has 0 bridgehead atoms. The number of benzene rings is 3. The summed E-state index contributed by atoms with van der Waals surface area (Å²) in [6, 6.07) is 18.8. The topological polar surface area (TPSA) is 46.5 Å². The van der Waals surface area contributed by atoms with Gasteiger partial charge in [0.1, 0.15) is 12.4 Å². The minimum Gasteiger partial charge on any atom is -0.489 e. The minimum atomic E-state index is -4.63. The van der Waals surface area contributed by atoms with Gasteiger partial charge < -0.3 is 9.84 Å². The molecule has 1 N–H and O–H groups in total. The summed E-state index contributed by atoms with van der Waals surface area (Å²) in [5.74, 6) is -0.849. The summed E-state index contributed by atoms with van der Waals surface area (Å²) in [4.78, 5) is 11.2. The second-order valence-corrected chi connectivity index (χ2v) is 5.90. The fraction of sp³-hybridized carbons (Fsp3) is 0.0952. The first-order chi connectivity index (χ1) is 12.8. The molecule has 138 valence electrons. The summed E-state index contributed by atoms with van der Waals surface area (Å²) in [6.07, 6.45) is -4.63. The number of ether oxygens (including phenoxy) is 1. The molecule has 0 aromatic heterocycles. The smallest absolute Gasteiger partial charge is 0.416 e. The predicted octanol–water partition coefficient (Wildman–Crippen LogP) is 5.65. The van der Waals surface area contributed by atoms with Crippen molar-refractivity contribution in [2.75, 3.05) is 0 Å². The molecule has 0 spiro atoms. The first-order valence-electron chi connectivity index (χ1n) is 8.06. The molecule has 0 radical (unpaired) electrons. The Morgan fingerprint density at radius 2 is 1.56 bits per heavy atom. The Kier molecular flexibility index (Phi) is 5.16. The van der Waals surface area contributed by atoms with Gasteiger partial charge in [-0.05, 0) is 47.0 Å². The molecule has 0 aliphatic carbocycles. The second-order valence-electron chi connectivity index (χ2n) is 5.90. The molecule has 3 nitrogen and oxygen atoms in total. The van der Waals surface area contributed by atoms with Crippen molar-refractivity contribution in [3.8, 4) is 16.9 Å². The highest BCUT2D eigenvalue weighted by atomic mass is 19.4. The molecule has 0 saturated carbocycles. The van der Waals surface area contributed by atoms with Crippen LogP contribution in [0.25, 0.3) is 11.1 Å². The third kappa shape index (κ3) is 4.67. The van der Waals surface area contributed by atoms with Crippen molar-refractivity contribution in [1.29, 1.82) is 0 Å². The summed E-state index contributed by atoms with van der Waals surface area (Å²) in [5, 5.41) is 9.08. The van der Waals surface area contributed by atoms with Crippen molar-refractivity contribution in [2.24, 2.45) is 0 Å². The first kappa shape index (κ1) is 18.5. The molecule has 0 fully saturated rings. The molecule has 6 heteroatoms. The van der Waals surface area contributed by atoms with Gasteiger partial charge in [0.25, 0.3) is 0 Å². The molecule has 3 aromatic carbocycles. The SMILES string of the molecule is O=C(O)c1cc(-c2ccc(OCc3ccccc3)cc2)cc(C(F)(F)F)c1. The normalized spacial score (nSPS) is 11.2. The van der Waals surface area contributed by atoms with E-state index in [9.17, 15) is 18.0 Å². The fourth-order valence-corrected chi connectivity index (χ4v) is 2.57. The van der Waals surface area contributed by atoms with E-state index in [2.05, 4.69) is 0 Å². The summed E-state index contributed by atoms with van der Waals surface area (Å²) in [7, 11) is 0. The molecule has 0 atom stereocenters. The number of carbonyl (C=O) groups is 1. The average molecular weight is 372 g/mol. The van der Waals surface area contributed by atoms with Gasteiger partial charge >= 0.3 is 12.1 Å². The highest BCUT2D eigenvalue weighted by Gasteiger charge is 2.31. The van der Waals surface area contributed by atoms with Crippen LogP contribution in [0.2, 0.25) is 0 Å². The van der Waals surface area contributed by atoms with E-state index in [4.69, 9.17) is 9.84 Å². The van der Waals surface area contributed by atoms with Crippen molar-refractivity contribution in [3.05, 3.63) is 89.5 Å². The van der Waals surface area contributed by atoms with Crippen LogP contribution < -0.4 is 4.74 Å². The van der Waals surface area contributed by atoms with E-state index in [1.807, 2.05) is 30.3 Å². The molecule has 27 heavy (non-hydrogen) atoms. The van der Waals surface area contributed by atoms with Crippen LogP contribution in [0.3, 0.4) is 0 Å². The van der Waals surface area contributed by atoms with Crippen molar-refractivity contribution in [1.82, 2.24) is 0 Å². The van der Waals surface area contributed by atoms with Crippen molar-refractivity contribution >= 4 is 5.97 Å². The van der Waals surface area contributed by atoms with Gasteiger partial charge in [-0.1, -0.05) is 42.5 Å². The standard InChI is InChI=1S/C21H15F3O3/c22-21(23,24)18-11-16(10-17(12-18)20(25)26)15-6-8-19(9-7-15)27-13-14-4-2-1-3-5-14/h1-12H,13H2,(H,25,26). The van der Waals surface area contributed by atoms with Crippen LogP contribution in [0.4, 0.5) is 13.2 Å². The quantitative estimate of drug-likeness (QED) is 0.630. The third-order valence-electron chi connectivity index (χ3n) is 3.94. The van der Waals surface area contributed by atoms with Gasteiger partial charge in [-0.2, -0.15) is 13.2 Å². The number of aromatic carboxylic acids is 1. The van der Waals surface area contributed by atoms with E-state index in [0.717, 1.165) is 11.6 Å². The Labute approximate surface area is 153 Å². The Balaban J connectivity index is 1.84. The van der Waals surface area contributed by atoms with Crippen LogP contribution in [-0.2, 0) is 12.8 Å². The highest BCUT2D eigenvalue weighted by Crippen LogP contribution is 2.34. The monoisotopic (exact) mass is 372 g/mol. The van der Waals surface area contributed by atoms with Crippen molar-refractivity contribution < 1.29 is 27.8 Å². The Hall–Kier alpha value is -3.28. The zero-order valence-corrected chi connectivity index (χ0v) is 14.0. The molecule has 0 aliphatic rings. The van der Waals surface area contributed by atoms with Crippen molar-refractivity contribution in [3.63, 3.8) is 0 Å². The number of hydrogen-bond donors (Lipinski definition) is 1. The maximum Gasteiger partial charge on any atom is 0.416 e. The Bertz CT molecular complexity index is 933. The average Bonchev–Trinajstić information content (AvgIpc) is 2.66. The van der Waals surface area contributed by atoms with E-state index in [1.54, 1.807) is 24.3 Å². The molecule has 0 amide bonds. The van der Waals surface area contributed by atoms with Gasteiger partial charge in [0.05, 0.1) is 11.1 Å². The molecule has 3 rings (SSSR count). The van der Waals surface area contributed by atoms with Crippen LogP contribution in [-0.4, -0.2) is 11.1 Å². The highest BCUT2D eigenvalue weighted by molar-refractivity contribution is 5.90. The Morgan fingerprint density at radius 1 is 0.889 bits per heavy atom. The zero-order chi connectivity index (χ0) is 19.4. The lowest BCUT2D eigenvalue weighted by molar-refractivity contribution is -0.137. The predicted molar refractivity (Wildman–Crippen MR) is 94.6 cm³/mol. The third-order valence-corrected chi connectivity index (χ3v) is 3.94. The lowest BCUT2D eigenvalue weighted by Crippen LogP contribution is -2.08. The van der Waals surface area contributed by atoms with Gasteiger partial charge in [-0.3, -0.25) is 0 Å². The van der Waals surface area contributed by atoms with Gasteiger partial charge in [-0.25, -0.2) is 4.79 Å². The molecule has 3 aromatic rings. The number of alkyl halides is 3. The second kappa shape index (κ2) is 7.53. The van der Waals surface area contributed by atoms with Crippen molar-refractivity contribution in [2.45, 2.75) is 12.8 Å². The van der Waals surface area contributed by atoms with Gasteiger partial charge in [-0.15, -0.1) is 0 Å². The van der Waals surface area contributed by atoms with E-state index in [-0.39, 0.29) is 5.56 Å². The van der Waals surface area contributed by atoms with Crippen LogP contribution in [0.5, 0.6) is 5.75 Å². The minimum absolute atomic E-state index is 0.178. The fourth-order valence-electron chi connectivity index (χ4n) is 2.57. The summed E-state index contributed by atoms with van der Waals surface area (Å²) in [5.41, 5.74) is 0.226. The molecule has 0 saturated heterocycles. The number of rotatable bonds is 5. The van der Waals surface area contributed by atoms with E-state index >= 15 is 0 Å². The van der Waals surface area contributed by atoms with Crippen LogP contribution >= 0.6 is 0 Å². The first-order valence-corrected chi connectivity index (χ1v) is 8.06. The largest absolute Gasteiger partial charge is 0.489 e. The van der Waals surface area contributed by atoms with Crippen LogP contribution in [0.15, 0.2) is 72.8 Å². The van der Waals surface area contributed by atoms with E-state index in [0.29, 0.717) is 24.0 Å². The van der Waals surface area contributed by atoms with Crippen LogP contribution in [0, 0.1) is 0 Å². The zero-order valence-electron chi connectivity index (χ0n) is 14.0. The lowest BCUT2D eigenvalue weighted by atomic mass is 9.99. The van der Waals surface area contributed by atoms with Gasteiger partial charge in [0.15, 0.2) is 0 Å². The van der Waals surface area contributed by atoms with E-state index in [1.165, 1.54) is 6.07 Å². The summed E-state index contributed by atoms with van der Waals surface area (Å²) >= 11 is 0. The van der Waals surface area contributed by atoms with Gasteiger partial charge in [0, 0.05) is 0 Å². The summed E-state index contributed by atoms with van der Waals surface area (Å²) in [6.45, 7) is 0.368. The number of halogens is 3. The maximum absolute atomic E-state index is 13.0. The summed E-state index contributed by atoms with van der Waals surface area (Å²) < 4.78 is 44.8. The molecule has 0 aliphatic heterocycles. The van der Waals surface area contributed by atoms with E-state index < -0.39 is 23.3 Å². The number of hydrogen-bond acceptors (Lipinski definition) is 2. The lowest BCUT2D eigenvalue weighted by Gasteiger charge is -2.12. The molecular formula is C21H15F3O3. The molecule has 0 heterocycles. The maximum atomic E-state index is 13.0. The Morgan fingerprint density at radius 3 is 2.15 bits per heavy atom. The molecule has 0 unspecified atom stereocenters. The number of carboxylic acid groups (broad SMARTS) is 1. The van der Waals surface area contributed by atoms with Gasteiger partial charge in [0.2, 0.25) is 0 Å².